The third kappa shape index (κ3) is 3.44. The molecule has 0 aliphatic heterocycles. The minimum Gasteiger partial charge on any atom is -0.480 e. The average Bonchev–Trinajstić information content (AvgIpc) is 2.94. The molecule has 0 saturated heterocycles. The van der Waals surface area contributed by atoms with Gasteiger partial charge >= 0.3 is 5.97 Å². The molecule has 0 aliphatic rings. The van der Waals surface area contributed by atoms with Crippen LogP contribution in [-0.2, 0) is 4.79 Å². The summed E-state index contributed by atoms with van der Waals surface area (Å²) >= 11 is 0. The van der Waals surface area contributed by atoms with Crippen molar-refractivity contribution in [3.05, 3.63) is 41.7 Å². The number of hydrogen-bond acceptors (Lipinski definition) is 4. The second-order valence-corrected chi connectivity index (χ2v) is 4.60. The largest absolute Gasteiger partial charge is 0.480 e. The molecule has 2 aromatic rings. The van der Waals surface area contributed by atoms with Gasteiger partial charge in [-0.25, -0.2) is 4.68 Å². The number of carbonyl (C=O) groups excluding carboxylic acids is 1. The molecule has 0 aliphatic carbocycles. The molecule has 21 heavy (non-hydrogen) atoms. The molecule has 7 nitrogen and oxygen atoms in total. The second-order valence-electron chi connectivity index (χ2n) is 4.60. The van der Waals surface area contributed by atoms with E-state index in [1.54, 1.807) is 6.92 Å². The van der Waals surface area contributed by atoms with Gasteiger partial charge in [-0.3, -0.25) is 9.59 Å². The number of nitrogens with zero attached hydrogens (tertiary/aromatic N) is 4. The van der Waals surface area contributed by atoms with Crippen LogP contribution in [-0.4, -0.2) is 50.0 Å². The van der Waals surface area contributed by atoms with Gasteiger partial charge in [-0.2, -0.15) is 0 Å². The highest BCUT2D eigenvalue weighted by atomic mass is 16.4. The summed E-state index contributed by atoms with van der Waals surface area (Å²) in [6, 6.07) is 7.60. The quantitative estimate of drug-likeness (QED) is 0.890. The van der Waals surface area contributed by atoms with Crippen LogP contribution in [0, 0.1) is 6.92 Å². The molecular weight excluding hydrogens is 272 g/mol. The standard InChI is InChI=1S/C14H16N4O3/c1-3-17(9-13(19)20)14(21)12-8-18(16-15-12)11-6-4-10(2)5-7-11/h4-8H,3,9H2,1-2H3,(H,19,20). The van der Waals surface area contributed by atoms with Crippen molar-refractivity contribution < 1.29 is 14.7 Å². The SMILES string of the molecule is CCN(CC(=O)O)C(=O)c1cn(-c2ccc(C)cc2)nn1. The number of amides is 1. The van der Waals surface area contributed by atoms with Crippen LogP contribution in [0.15, 0.2) is 30.5 Å². The molecule has 0 fully saturated rings. The van der Waals surface area contributed by atoms with Gasteiger partial charge in [-0.1, -0.05) is 22.9 Å². The van der Waals surface area contributed by atoms with Gasteiger partial charge in [0, 0.05) is 6.54 Å². The number of benzene rings is 1. The Labute approximate surface area is 121 Å². The van der Waals surface area contributed by atoms with Crippen LogP contribution < -0.4 is 0 Å². The van der Waals surface area contributed by atoms with Crippen LogP contribution in [0.2, 0.25) is 0 Å². The van der Waals surface area contributed by atoms with Crippen molar-refractivity contribution in [2.24, 2.45) is 0 Å². The number of likely N-dealkylation sites (N-methyl/N-ethyl adjacent to an activating group) is 1. The van der Waals surface area contributed by atoms with E-state index in [0.717, 1.165) is 11.3 Å². The molecule has 1 aromatic carbocycles. The van der Waals surface area contributed by atoms with Gasteiger partial charge < -0.3 is 10.0 Å². The van der Waals surface area contributed by atoms with E-state index in [2.05, 4.69) is 10.3 Å². The molecular formula is C14H16N4O3. The number of aryl methyl sites for hydroxylation is 1. The molecule has 0 saturated carbocycles. The number of carboxylic acid groups (broad SMARTS) is 1. The van der Waals surface area contributed by atoms with Crippen molar-refractivity contribution in [1.82, 2.24) is 19.9 Å². The molecule has 1 amide bonds. The van der Waals surface area contributed by atoms with Crippen LogP contribution in [0.25, 0.3) is 5.69 Å². The highest BCUT2D eigenvalue weighted by Crippen LogP contribution is 2.09. The summed E-state index contributed by atoms with van der Waals surface area (Å²) < 4.78 is 1.49. The molecule has 0 radical (unpaired) electrons. The Morgan fingerprint density at radius 2 is 1.95 bits per heavy atom. The fourth-order valence-electron chi connectivity index (χ4n) is 1.84. The van der Waals surface area contributed by atoms with Gasteiger partial charge in [-0.15, -0.1) is 5.10 Å². The zero-order valence-electron chi connectivity index (χ0n) is 11.9. The summed E-state index contributed by atoms with van der Waals surface area (Å²) in [4.78, 5) is 24.1. The maximum absolute atomic E-state index is 12.2. The molecule has 0 unspecified atom stereocenters. The first-order chi connectivity index (χ1) is 10.0. The van der Waals surface area contributed by atoms with E-state index in [1.807, 2.05) is 31.2 Å². The zero-order chi connectivity index (χ0) is 15.4. The van der Waals surface area contributed by atoms with E-state index in [9.17, 15) is 9.59 Å². The maximum atomic E-state index is 12.2. The Balaban J connectivity index is 2.20. The maximum Gasteiger partial charge on any atom is 0.323 e. The Kier molecular flexibility index (Phi) is 4.32. The molecule has 1 aromatic heterocycles. The van der Waals surface area contributed by atoms with Gasteiger partial charge in [-0.05, 0) is 26.0 Å². The van der Waals surface area contributed by atoms with Crippen LogP contribution in [0.3, 0.4) is 0 Å². The minimum atomic E-state index is -1.06. The smallest absolute Gasteiger partial charge is 0.323 e. The van der Waals surface area contributed by atoms with Crippen LogP contribution in [0.1, 0.15) is 23.0 Å². The van der Waals surface area contributed by atoms with Gasteiger partial charge in [0.25, 0.3) is 5.91 Å². The monoisotopic (exact) mass is 288 g/mol. The van der Waals surface area contributed by atoms with Gasteiger partial charge in [0.2, 0.25) is 0 Å². The van der Waals surface area contributed by atoms with Gasteiger partial charge in [0.15, 0.2) is 5.69 Å². The molecule has 0 spiro atoms. The summed E-state index contributed by atoms with van der Waals surface area (Å²) in [6.07, 6.45) is 1.50. The van der Waals surface area contributed by atoms with Crippen LogP contribution >= 0.6 is 0 Å². The highest BCUT2D eigenvalue weighted by molar-refractivity contribution is 5.93. The number of aromatic nitrogens is 3. The van der Waals surface area contributed by atoms with Crippen molar-refractivity contribution in [3.63, 3.8) is 0 Å². The zero-order valence-corrected chi connectivity index (χ0v) is 11.9. The van der Waals surface area contributed by atoms with Gasteiger partial charge in [0.1, 0.15) is 6.54 Å². The lowest BCUT2D eigenvalue weighted by Crippen LogP contribution is -2.35. The number of rotatable bonds is 5. The molecule has 1 N–H and O–H groups in total. The fourth-order valence-corrected chi connectivity index (χ4v) is 1.84. The van der Waals surface area contributed by atoms with E-state index in [0.29, 0.717) is 6.54 Å². The van der Waals surface area contributed by atoms with E-state index >= 15 is 0 Å². The first-order valence-corrected chi connectivity index (χ1v) is 6.51. The molecule has 1 heterocycles. The van der Waals surface area contributed by atoms with Crippen molar-refractivity contribution in [2.75, 3.05) is 13.1 Å². The van der Waals surface area contributed by atoms with Crippen molar-refractivity contribution in [1.29, 1.82) is 0 Å². The lowest BCUT2D eigenvalue weighted by atomic mass is 10.2. The van der Waals surface area contributed by atoms with E-state index in [-0.39, 0.29) is 12.2 Å². The predicted molar refractivity (Wildman–Crippen MR) is 75.3 cm³/mol. The van der Waals surface area contributed by atoms with Crippen LogP contribution in [0.4, 0.5) is 0 Å². The molecule has 2 rings (SSSR count). The molecule has 0 atom stereocenters. The van der Waals surface area contributed by atoms with E-state index in [4.69, 9.17) is 5.11 Å². The normalized spacial score (nSPS) is 10.4. The van der Waals surface area contributed by atoms with E-state index < -0.39 is 11.9 Å². The van der Waals surface area contributed by atoms with Crippen molar-refractivity contribution in [3.8, 4) is 5.69 Å². The topological polar surface area (TPSA) is 88.3 Å². The summed E-state index contributed by atoms with van der Waals surface area (Å²) in [6.45, 7) is 3.63. The van der Waals surface area contributed by atoms with E-state index in [1.165, 1.54) is 15.8 Å². The second kappa shape index (κ2) is 6.17. The minimum absolute atomic E-state index is 0.124. The first-order valence-electron chi connectivity index (χ1n) is 6.51. The number of carbonyl (C=O) groups is 2. The number of carboxylic acids is 1. The summed E-state index contributed by atoms with van der Waals surface area (Å²) in [5.74, 6) is -1.51. The van der Waals surface area contributed by atoms with Crippen molar-refractivity contribution >= 4 is 11.9 Å². The third-order valence-corrected chi connectivity index (χ3v) is 3.01. The number of aliphatic carboxylic acids is 1. The Morgan fingerprint density at radius 1 is 1.29 bits per heavy atom. The molecule has 7 heteroatoms. The average molecular weight is 288 g/mol. The summed E-state index contributed by atoms with van der Waals surface area (Å²) in [5.41, 5.74) is 2.03. The molecule has 0 bridgehead atoms. The predicted octanol–water partition coefficient (Wildman–Crippen LogP) is 1.12. The molecule has 110 valence electrons. The summed E-state index contributed by atoms with van der Waals surface area (Å²) in [5, 5.41) is 16.5. The first kappa shape index (κ1) is 14.7. The fraction of sp³-hybridized carbons (Fsp3) is 0.286. The van der Waals surface area contributed by atoms with Gasteiger partial charge in [0.05, 0.1) is 11.9 Å². The summed E-state index contributed by atoms with van der Waals surface area (Å²) in [7, 11) is 0. The van der Waals surface area contributed by atoms with Crippen molar-refractivity contribution in [2.45, 2.75) is 13.8 Å². The lowest BCUT2D eigenvalue weighted by molar-refractivity contribution is -0.137. The van der Waals surface area contributed by atoms with Crippen LogP contribution in [0.5, 0.6) is 0 Å². The number of hydrogen-bond donors (Lipinski definition) is 1. The third-order valence-electron chi connectivity index (χ3n) is 3.01. The Bertz CT molecular complexity index is 648. The highest BCUT2D eigenvalue weighted by Gasteiger charge is 2.20. The lowest BCUT2D eigenvalue weighted by Gasteiger charge is -2.16. The Morgan fingerprint density at radius 3 is 2.52 bits per heavy atom. The Hall–Kier alpha value is -2.70.